The minimum Gasteiger partial charge on any atom is -0.324 e. The maximum absolute atomic E-state index is 12.4. The molecule has 7 nitrogen and oxygen atoms in total. The van der Waals surface area contributed by atoms with E-state index < -0.39 is 30.3 Å². The molecule has 126 valence electrons. The molecule has 3 rings (SSSR count). The second-order valence-corrected chi connectivity index (χ2v) is 6.15. The third kappa shape index (κ3) is 2.89. The van der Waals surface area contributed by atoms with Crippen LogP contribution in [0.2, 0.25) is 0 Å². The lowest BCUT2D eigenvalue weighted by Gasteiger charge is -2.21. The molecule has 1 heterocycles. The number of para-hydroxylation sites is 1. The summed E-state index contributed by atoms with van der Waals surface area (Å²) in [4.78, 5) is 50.5. The van der Waals surface area contributed by atoms with Crippen molar-refractivity contribution < 1.29 is 19.2 Å². The predicted octanol–water partition coefficient (Wildman–Crippen LogP) is 1.67. The van der Waals surface area contributed by atoms with Crippen LogP contribution < -0.4 is 5.32 Å². The zero-order valence-electron chi connectivity index (χ0n) is 13.4. The Balaban J connectivity index is 1.69. The SMILES string of the molecule is Cc1ccccc1NC(=O)CN1C(=O)C(=O)N(C2CCCC2)C1=O. The smallest absolute Gasteiger partial charge is 0.324 e. The van der Waals surface area contributed by atoms with Crippen molar-refractivity contribution in [1.29, 1.82) is 0 Å². The number of nitrogens with one attached hydrogen (secondary N) is 1. The Bertz CT molecular complexity index is 710. The number of aryl methyl sites for hydroxylation is 1. The molecule has 0 unspecified atom stereocenters. The van der Waals surface area contributed by atoms with Gasteiger partial charge in [0.2, 0.25) is 5.91 Å². The summed E-state index contributed by atoms with van der Waals surface area (Å²) in [7, 11) is 0. The van der Waals surface area contributed by atoms with Gasteiger partial charge in [0, 0.05) is 11.7 Å². The summed E-state index contributed by atoms with van der Waals surface area (Å²) in [6.45, 7) is 1.38. The molecular weight excluding hydrogens is 310 g/mol. The van der Waals surface area contributed by atoms with Gasteiger partial charge in [-0.15, -0.1) is 0 Å². The number of carbonyl (C=O) groups is 4. The Kier molecular flexibility index (Phi) is 4.33. The molecule has 24 heavy (non-hydrogen) atoms. The number of benzene rings is 1. The van der Waals surface area contributed by atoms with Gasteiger partial charge in [-0.05, 0) is 31.4 Å². The molecule has 0 aromatic heterocycles. The van der Waals surface area contributed by atoms with Gasteiger partial charge < -0.3 is 5.32 Å². The molecule has 0 bridgehead atoms. The first-order chi connectivity index (χ1) is 11.5. The highest BCUT2D eigenvalue weighted by Crippen LogP contribution is 2.27. The highest BCUT2D eigenvalue weighted by molar-refractivity contribution is 6.45. The number of amides is 5. The predicted molar refractivity (Wildman–Crippen MR) is 86.0 cm³/mol. The average molecular weight is 329 g/mol. The fourth-order valence-electron chi connectivity index (χ4n) is 3.19. The third-order valence-corrected chi connectivity index (χ3v) is 4.49. The van der Waals surface area contributed by atoms with E-state index in [1.807, 2.05) is 19.1 Å². The lowest BCUT2D eigenvalue weighted by atomic mass is 10.2. The molecule has 0 spiro atoms. The van der Waals surface area contributed by atoms with Crippen LogP contribution in [-0.2, 0) is 14.4 Å². The quantitative estimate of drug-likeness (QED) is 0.672. The number of hydrogen-bond donors (Lipinski definition) is 1. The van der Waals surface area contributed by atoms with Crippen molar-refractivity contribution in [2.24, 2.45) is 0 Å². The number of imide groups is 2. The van der Waals surface area contributed by atoms with Crippen LogP contribution in [0, 0.1) is 6.92 Å². The van der Waals surface area contributed by atoms with Gasteiger partial charge in [0.05, 0.1) is 0 Å². The molecule has 1 aromatic carbocycles. The van der Waals surface area contributed by atoms with Gasteiger partial charge in [0.1, 0.15) is 6.54 Å². The summed E-state index contributed by atoms with van der Waals surface area (Å²) in [5.41, 5.74) is 1.48. The van der Waals surface area contributed by atoms with E-state index in [0.717, 1.165) is 28.2 Å². The summed E-state index contributed by atoms with van der Waals surface area (Å²) < 4.78 is 0. The summed E-state index contributed by atoms with van der Waals surface area (Å²) >= 11 is 0. The summed E-state index contributed by atoms with van der Waals surface area (Å²) in [5, 5.41) is 2.66. The van der Waals surface area contributed by atoms with E-state index in [1.165, 1.54) is 0 Å². The highest BCUT2D eigenvalue weighted by Gasteiger charge is 2.48. The molecule has 2 fully saturated rings. The van der Waals surface area contributed by atoms with E-state index in [9.17, 15) is 19.2 Å². The maximum atomic E-state index is 12.4. The standard InChI is InChI=1S/C17H19N3O4/c1-11-6-2-5-9-13(11)18-14(21)10-19-15(22)16(23)20(17(19)24)12-7-3-4-8-12/h2,5-6,9,12H,3-4,7-8,10H2,1H3,(H,18,21). The van der Waals surface area contributed by atoms with Crippen LogP contribution >= 0.6 is 0 Å². The van der Waals surface area contributed by atoms with Crippen LogP contribution in [0.15, 0.2) is 24.3 Å². The van der Waals surface area contributed by atoms with Crippen LogP contribution in [0.5, 0.6) is 0 Å². The lowest BCUT2D eigenvalue weighted by Crippen LogP contribution is -2.41. The zero-order chi connectivity index (χ0) is 17.3. The first-order valence-corrected chi connectivity index (χ1v) is 8.03. The van der Waals surface area contributed by atoms with Gasteiger partial charge in [-0.25, -0.2) is 9.69 Å². The molecule has 0 radical (unpaired) electrons. The second kappa shape index (κ2) is 6.43. The van der Waals surface area contributed by atoms with Crippen molar-refractivity contribution in [3.63, 3.8) is 0 Å². The Labute approximate surface area is 139 Å². The fraction of sp³-hybridized carbons (Fsp3) is 0.412. The second-order valence-electron chi connectivity index (χ2n) is 6.15. The molecule has 0 atom stereocenters. The van der Waals surface area contributed by atoms with Crippen molar-refractivity contribution in [3.05, 3.63) is 29.8 Å². The summed E-state index contributed by atoms with van der Waals surface area (Å²) in [6, 6.07) is 6.29. The van der Waals surface area contributed by atoms with E-state index in [0.29, 0.717) is 18.5 Å². The molecule has 2 aliphatic rings. The topological polar surface area (TPSA) is 86.8 Å². The van der Waals surface area contributed by atoms with Crippen LogP contribution in [-0.4, -0.2) is 46.1 Å². The van der Waals surface area contributed by atoms with Crippen molar-refractivity contribution in [2.75, 3.05) is 11.9 Å². The maximum Gasteiger partial charge on any atom is 0.334 e. The molecule has 1 saturated heterocycles. The Morgan fingerprint density at radius 1 is 1.12 bits per heavy atom. The Morgan fingerprint density at radius 3 is 2.46 bits per heavy atom. The lowest BCUT2D eigenvalue weighted by molar-refractivity contribution is -0.144. The zero-order valence-corrected chi connectivity index (χ0v) is 13.4. The minimum atomic E-state index is -0.924. The number of carbonyl (C=O) groups excluding carboxylic acids is 4. The normalized spacial score (nSPS) is 18.6. The van der Waals surface area contributed by atoms with Crippen LogP contribution in [0.3, 0.4) is 0 Å². The van der Waals surface area contributed by atoms with E-state index in [4.69, 9.17) is 0 Å². The Morgan fingerprint density at radius 2 is 1.79 bits per heavy atom. The van der Waals surface area contributed by atoms with E-state index in [-0.39, 0.29) is 6.04 Å². The van der Waals surface area contributed by atoms with Gasteiger partial charge in [-0.2, -0.15) is 0 Å². The largest absolute Gasteiger partial charge is 0.334 e. The van der Waals surface area contributed by atoms with E-state index in [1.54, 1.807) is 12.1 Å². The van der Waals surface area contributed by atoms with Crippen molar-refractivity contribution in [3.8, 4) is 0 Å². The van der Waals surface area contributed by atoms with Crippen LogP contribution in [0.1, 0.15) is 31.2 Å². The van der Waals surface area contributed by atoms with Gasteiger partial charge in [0.25, 0.3) is 0 Å². The molecule has 7 heteroatoms. The molecule has 1 N–H and O–H groups in total. The molecule has 1 saturated carbocycles. The fourth-order valence-corrected chi connectivity index (χ4v) is 3.19. The van der Waals surface area contributed by atoms with Gasteiger partial charge in [0.15, 0.2) is 0 Å². The van der Waals surface area contributed by atoms with Crippen molar-refractivity contribution in [2.45, 2.75) is 38.6 Å². The third-order valence-electron chi connectivity index (χ3n) is 4.49. The molecular formula is C17H19N3O4. The van der Waals surface area contributed by atoms with E-state index in [2.05, 4.69) is 5.32 Å². The first kappa shape index (κ1) is 16.2. The molecule has 1 aliphatic heterocycles. The molecule has 1 aromatic rings. The number of urea groups is 1. The molecule has 1 aliphatic carbocycles. The average Bonchev–Trinajstić information content (AvgIpc) is 3.14. The number of hydrogen-bond acceptors (Lipinski definition) is 4. The number of rotatable bonds is 4. The van der Waals surface area contributed by atoms with Gasteiger partial charge >= 0.3 is 17.8 Å². The van der Waals surface area contributed by atoms with Crippen molar-refractivity contribution >= 4 is 29.4 Å². The van der Waals surface area contributed by atoms with Crippen LogP contribution in [0.4, 0.5) is 10.5 Å². The highest BCUT2D eigenvalue weighted by atomic mass is 16.2. The monoisotopic (exact) mass is 329 g/mol. The summed E-state index contributed by atoms with van der Waals surface area (Å²) in [6.07, 6.45) is 3.30. The Hall–Kier alpha value is -2.70. The first-order valence-electron chi connectivity index (χ1n) is 8.03. The number of nitrogens with zero attached hydrogens (tertiary/aromatic N) is 2. The minimum absolute atomic E-state index is 0.224. The van der Waals surface area contributed by atoms with Crippen molar-refractivity contribution in [1.82, 2.24) is 9.80 Å². The summed E-state index contributed by atoms with van der Waals surface area (Å²) in [5.74, 6) is -2.26. The van der Waals surface area contributed by atoms with Gasteiger partial charge in [-0.1, -0.05) is 31.0 Å². The van der Waals surface area contributed by atoms with Crippen LogP contribution in [0.25, 0.3) is 0 Å². The molecule has 5 amide bonds. The number of anilines is 1. The van der Waals surface area contributed by atoms with E-state index >= 15 is 0 Å². The van der Waals surface area contributed by atoms with Gasteiger partial charge in [-0.3, -0.25) is 19.3 Å².